The summed E-state index contributed by atoms with van der Waals surface area (Å²) in [7, 11) is 0. The molecule has 0 aromatic carbocycles. The first kappa shape index (κ1) is 11.5. The van der Waals surface area contributed by atoms with Crippen molar-refractivity contribution in [3.63, 3.8) is 0 Å². The lowest BCUT2D eigenvalue weighted by atomic mass is 10.0. The lowest BCUT2D eigenvalue weighted by Crippen LogP contribution is -2.41. The molecule has 1 unspecified atom stereocenters. The first-order chi connectivity index (χ1) is 8.79. The van der Waals surface area contributed by atoms with Crippen LogP contribution in [0, 0.1) is 0 Å². The summed E-state index contributed by atoms with van der Waals surface area (Å²) in [5.41, 5.74) is 0.320. The van der Waals surface area contributed by atoms with Crippen molar-refractivity contribution in [1.82, 2.24) is 19.6 Å². The van der Waals surface area contributed by atoms with E-state index in [1.807, 2.05) is 6.07 Å². The number of aromatic nitrogens is 4. The minimum Gasteiger partial charge on any atom is -0.352 e. The molecule has 0 saturated carbocycles. The van der Waals surface area contributed by atoms with E-state index in [0.29, 0.717) is 17.6 Å². The largest absolute Gasteiger partial charge is 0.352 e. The van der Waals surface area contributed by atoms with E-state index in [0.717, 1.165) is 25.2 Å². The van der Waals surface area contributed by atoms with Crippen molar-refractivity contribution in [2.24, 2.45) is 0 Å². The number of piperidine rings is 1. The second-order valence-corrected chi connectivity index (χ2v) is 4.81. The zero-order chi connectivity index (χ0) is 12.5. The van der Waals surface area contributed by atoms with Gasteiger partial charge in [0.05, 0.1) is 0 Å². The Morgan fingerprint density at radius 2 is 2.39 bits per heavy atom. The number of anilines is 1. The Bertz CT molecular complexity index is 607. The first-order valence-electron chi connectivity index (χ1n) is 6.05. The van der Waals surface area contributed by atoms with Crippen LogP contribution in [-0.2, 0) is 0 Å². The molecule has 18 heavy (non-hydrogen) atoms. The number of fused-ring (bicyclic) bond motifs is 1. The summed E-state index contributed by atoms with van der Waals surface area (Å²) < 4.78 is 1.39. The average molecular weight is 268 g/mol. The molecule has 96 valence electrons. The fourth-order valence-electron chi connectivity index (χ4n) is 2.42. The molecule has 0 amide bonds. The van der Waals surface area contributed by atoms with Crippen LogP contribution in [0.1, 0.15) is 19.3 Å². The smallest absolute Gasteiger partial charge is 0.348 e. The van der Waals surface area contributed by atoms with Crippen molar-refractivity contribution >= 4 is 23.1 Å². The molecular formula is C11H14ClN5O. The predicted octanol–water partition coefficient (Wildman–Crippen LogP) is 1.02. The van der Waals surface area contributed by atoms with Crippen LogP contribution < -0.4 is 10.6 Å². The van der Waals surface area contributed by atoms with Gasteiger partial charge in [0.2, 0.25) is 0 Å². The summed E-state index contributed by atoms with van der Waals surface area (Å²) in [6.07, 6.45) is 4.95. The normalized spacial score (nSPS) is 20.5. The van der Waals surface area contributed by atoms with Gasteiger partial charge in [0.1, 0.15) is 12.1 Å². The molecule has 3 heterocycles. The van der Waals surface area contributed by atoms with E-state index in [2.05, 4.69) is 20.1 Å². The molecule has 0 radical (unpaired) electrons. The standard InChI is InChI=1S/C11H14ClN5O/c12-6-8-3-1-2-4-16(8)9-5-10-14-15-11(18)17(10)7-13-9/h5,7-8H,1-4,6H2,(H,15,18). The van der Waals surface area contributed by atoms with Crippen LogP contribution >= 0.6 is 11.6 Å². The average Bonchev–Trinajstić information content (AvgIpc) is 2.80. The molecule has 0 aliphatic carbocycles. The topological polar surface area (TPSA) is 66.3 Å². The van der Waals surface area contributed by atoms with E-state index in [1.165, 1.54) is 17.1 Å². The van der Waals surface area contributed by atoms with Crippen molar-refractivity contribution in [3.05, 3.63) is 22.9 Å². The highest BCUT2D eigenvalue weighted by atomic mass is 35.5. The lowest BCUT2D eigenvalue weighted by molar-refractivity contribution is 0.484. The molecule has 1 saturated heterocycles. The van der Waals surface area contributed by atoms with Crippen LogP contribution in [0.25, 0.3) is 5.65 Å². The minimum atomic E-state index is -0.267. The molecule has 1 fully saturated rings. The van der Waals surface area contributed by atoms with Crippen molar-refractivity contribution in [1.29, 1.82) is 0 Å². The molecule has 1 atom stereocenters. The van der Waals surface area contributed by atoms with E-state index >= 15 is 0 Å². The van der Waals surface area contributed by atoms with Gasteiger partial charge in [-0.2, -0.15) is 5.10 Å². The number of hydrogen-bond acceptors (Lipinski definition) is 4. The van der Waals surface area contributed by atoms with E-state index in [-0.39, 0.29) is 5.69 Å². The molecule has 6 nitrogen and oxygen atoms in total. The van der Waals surface area contributed by atoms with Gasteiger partial charge in [0.25, 0.3) is 0 Å². The summed E-state index contributed by atoms with van der Waals surface area (Å²) in [6.45, 7) is 0.954. The van der Waals surface area contributed by atoms with E-state index in [4.69, 9.17) is 11.6 Å². The van der Waals surface area contributed by atoms with Crippen LogP contribution in [0.2, 0.25) is 0 Å². The quantitative estimate of drug-likeness (QED) is 0.825. The van der Waals surface area contributed by atoms with Gasteiger partial charge in [-0.05, 0) is 19.3 Å². The van der Waals surface area contributed by atoms with Gasteiger partial charge in [-0.15, -0.1) is 11.6 Å². The monoisotopic (exact) mass is 267 g/mol. The van der Waals surface area contributed by atoms with Crippen LogP contribution in [0.5, 0.6) is 0 Å². The van der Waals surface area contributed by atoms with Crippen molar-refractivity contribution in [2.75, 3.05) is 17.3 Å². The molecule has 2 aromatic heterocycles. The number of aromatic amines is 1. The number of hydrogen-bond donors (Lipinski definition) is 1. The Morgan fingerprint density at radius 3 is 3.22 bits per heavy atom. The molecule has 1 aliphatic heterocycles. The van der Waals surface area contributed by atoms with E-state index in [9.17, 15) is 4.79 Å². The third kappa shape index (κ3) is 1.86. The van der Waals surface area contributed by atoms with Gasteiger partial charge in [-0.1, -0.05) is 0 Å². The molecule has 0 bridgehead atoms. The van der Waals surface area contributed by atoms with Gasteiger partial charge < -0.3 is 4.90 Å². The summed E-state index contributed by atoms with van der Waals surface area (Å²) in [4.78, 5) is 17.9. The fourth-order valence-corrected chi connectivity index (χ4v) is 2.74. The summed E-state index contributed by atoms with van der Waals surface area (Å²) in [5, 5.41) is 6.36. The van der Waals surface area contributed by atoms with E-state index in [1.54, 1.807) is 0 Å². The number of rotatable bonds is 2. The highest BCUT2D eigenvalue weighted by molar-refractivity contribution is 6.18. The summed E-state index contributed by atoms with van der Waals surface area (Å²) in [6, 6.07) is 2.14. The Hall–Kier alpha value is -1.56. The SMILES string of the molecule is O=c1[nH]nc2cc(N3CCCCC3CCl)ncn12. The van der Waals surface area contributed by atoms with Gasteiger partial charge in [-0.25, -0.2) is 19.3 Å². The maximum atomic E-state index is 11.4. The number of nitrogens with zero attached hydrogens (tertiary/aromatic N) is 4. The number of H-pyrrole nitrogens is 1. The number of nitrogens with one attached hydrogen (secondary N) is 1. The maximum Gasteiger partial charge on any atom is 0.348 e. The molecular weight excluding hydrogens is 254 g/mol. The summed E-state index contributed by atoms with van der Waals surface area (Å²) >= 11 is 6.00. The highest BCUT2D eigenvalue weighted by Crippen LogP contribution is 2.23. The fraction of sp³-hybridized carbons (Fsp3) is 0.545. The van der Waals surface area contributed by atoms with Crippen molar-refractivity contribution in [3.8, 4) is 0 Å². The number of halogens is 1. The van der Waals surface area contributed by atoms with Crippen LogP contribution in [0.3, 0.4) is 0 Å². The Morgan fingerprint density at radius 1 is 1.50 bits per heavy atom. The van der Waals surface area contributed by atoms with E-state index < -0.39 is 0 Å². The maximum absolute atomic E-state index is 11.4. The lowest BCUT2D eigenvalue weighted by Gasteiger charge is -2.35. The first-order valence-corrected chi connectivity index (χ1v) is 6.58. The van der Waals surface area contributed by atoms with Crippen LogP contribution in [0.15, 0.2) is 17.2 Å². The highest BCUT2D eigenvalue weighted by Gasteiger charge is 2.23. The zero-order valence-corrected chi connectivity index (χ0v) is 10.6. The van der Waals surface area contributed by atoms with Gasteiger partial charge in [0, 0.05) is 24.5 Å². The van der Waals surface area contributed by atoms with Crippen molar-refractivity contribution < 1.29 is 0 Å². The second-order valence-electron chi connectivity index (χ2n) is 4.50. The molecule has 2 aromatic rings. The Balaban J connectivity index is 1.99. The van der Waals surface area contributed by atoms with Gasteiger partial charge in [-0.3, -0.25) is 0 Å². The zero-order valence-electron chi connectivity index (χ0n) is 9.84. The molecule has 7 heteroatoms. The second kappa shape index (κ2) is 4.61. The van der Waals surface area contributed by atoms with Crippen LogP contribution in [0.4, 0.5) is 5.82 Å². The van der Waals surface area contributed by atoms with Gasteiger partial charge >= 0.3 is 5.69 Å². The van der Waals surface area contributed by atoms with Crippen LogP contribution in [-0.4, -0.2) is 38.0 Å². The third-order valence-corrected chi connectivity index (χ3v) is 3.75. The van der Waals surface area contributed by atoms with Crippen molar-refractivity contribution in [2.45, 2.75) is 25.3 Å². The molecule has 1 N–H and O–H groups in total. The minimum absolute atomic E-state index is 0.267. The third-order valence-electron chi connectivity index (χ3n) is 3.39. The Labute approximate surface area is 109 Å². The molecule has 0 spiro atoms. The number of alkyl halides is 1. The van der Waals surface area contributed by atoms with Gasteiger partial charge in [0.15, 0.2) is 5.65 Å². The predicted molar refractivity (Wildman–Crippen MR) is 69.3 cm³/mol. The Kier molecular flexibility index (Phi) is 2.95. The molecule has 1 aliphatic rings. The summed E-state index contributed by atoms with van der Waals surface area (Å²) in [5.74, 6) is 1.44. The molecule has 3 rings (SSSR count).